The molecule has 33 heavy (non-hydrogen) atoms. The van der Waals surface area contributed by atoms with Crippen molar-refractivity contribution >= 4 is 18.3 Å². The monoisotopic (exact) mass is 474 g/mol. The van der Waals surface area contributed by atoms with Gasteiger partial charge in [0, 0.05) is 37.0 Å². The molecule has 0 atom stereocenters. The lowest BCUT2D eigenvalue weighted by Gasteiger charge is -2.26. The Morgan fingerprint density at radius 1 is 1.18 bits per heavy atom. The molecule has 0 spiro atoms. The van der Waals surface area contributed by atoms with Crippen molar-refractivity contribution in [3.8, 4) is 16.9 Å². The molecule has 3 aromatic rings. The number of aromatic nitrogens is 4. The van der Waals surface area contributed by atoms with Crippen molar-refractivity contribution in [1.82, 2.24) is 24.2 Å². The van der Waals surface area contributed by atoms with Gasteiger partial charge in [-0.25, -0.2) is 18.4 Å². The van der Waals surface area contributed by atoms with Crippen LogP contribution in [0.15, 0.2) is 65.6 Å². The first-order valence-electron chi connectivity index (χ1n) is 10.2. The van der Waals surface area contributed by atoms with Gasteiger partial charge in [0.05, 0.1) is 37.5 Å². The second kappa shape index (κ2) is 11.0. The van der Waals surface area contributed by atoms with Crippen LogP contribution in [0.4, 0.5) is 4.39 Å². The molecule has 1 amide bonds. The Labute approximate surface area is 195 Å². The van der Waals surface area contributed by atoms with E-state index in [1.165, 1.54) is 10.9 Å². The molecular weight excluding hydrogens is 451 g/mol. The highest BCUT2D eigenvalue weighted by Crippen LogP contribution is 2.20. The van der Waals surface area contributed by atoms with Crippen LogP contribution in [-0.4, -0.2) is 63.0 Å². The van der Waals surface area contributed by atoms with Crippen LogP contribution in [0.25, 0.3) is 16.9 Å². The summed E-state index contributed by atoms with van der Waals surface area (Å²) in [5, 5.41) is 4.04. The fourth-order valence-electron chi connectivity index (χ4n) is 3.42. The fraction of sp³-hybridized carbons (Fsp3) is 0.273. The topological polar surface area (TPSA) is 108 Å². The molecule has 4 rings (SSSR count). The lowest BCUT2D eigenvalue weighted by Crippen LogP contribution is -2.40. The molecule has 3 heterocycles. The lowest BCUT2D eigenvalue weighted by atomic mass is 10.1. The number of morpholine rings is 1. The number of ether oxygens (including phenoxy) is 1. The molecule has 0 unspecified atom stereocenters. The average molecular weight is 475 g/mol. The van der Waals surface area contributed by atoms with E-state index in [2.05, 4.69) is 10.1 Å². The number of benzene rings is 1. The standard InChI is InChI=1S/C22H23FN6O3.ClH/c23-12-16(13-24)14-29-22(31)28(15-26-29)19-5-6-25-20(11-19)17-1-3-18(4-2-17)21(30)27-7-9-32-10-8-27;/h1-6,11-12,15H,7-10,13-14,24H2;1H/b16-12+;. The van der Waals surface area contributed by atoms with Crippen LogP contribution in [-0.2, 0) is 11.3 Å². The summed E-state index contributed by atoms with van der Waals surface area (Å²) < 4.78 is 20.6. The minimum absolute atomic E-state index is 0. The molecule has 1 aromatic carbocycles. The highest BCUT2D eigenvalue weighted by atomic mass is 35.5. The minimum Gasteiger partial charge on any atom is -0.378 e. The van der Waals surface area contributed by atoms with Gasteiger partial charge in [-0.15, -0.1) is 12.4 Å². The maximum absolute atomic E-state index is 12.8. The molecule has 1 aliphatic rings. The number of carbonyl (C=O) groups is 1. The van der Waals surface area contributed by atoms with E-state index in [0.29, 0.717) is 49.6 Å². The van der Waals surface area contributed by atoms with E-state index in [4.69, 9.17) is 10.5 Å². The van der Waals surface area contributed by atoms with Gasteiger partial charge in [0.15, 0.2) is 0 Å². The molecule has 1 fully saturated rings. The van der Waals surface area contributed by atoms with Crippen molar-refractivity contribution in [3.05, 3.63) is 76.9 Å². The second-order valence-electron chi connectivity index (χ2n) is 7.29. The molecular formula is C22H24ClFN6O3. The summed E-state index contributed by atoms with van der Waals surface area (Å²) in [4.78, 5) is 31.4. The summed E-state index contributed by atoms with van der Waals surface area (Å²) in [6.45, 7) is 2.25. The molecule has 0 saturated carbocycles. The fourth-order valence-corrected chi connectivity index (χ4v) is 3.42. The third-order valence-electron chi connectivity index (χ3n) is 5.25. The van der Waals surface area contributed by atoms with Crippen LogP contribution < -0.4 is 11.4 Å². The van der Waals surface area contributed by atoms with E-state index >= 15 is 0 Å². The van der Waals surface area contributed by atoms with Crippen molar-refractivity contribution in [2.45, 2.75) is 6.54 Å². The normalized spacial score (nSPS) is 14.1. The van der Waals surface area contributed by atoms with E-state index in [1.807, 2.05) is 12.1 Å². The maximum Gasteiger partial charge on any atom is 0.350 e. The third-order valence-corrected chi connectivity index (χ3v) is 5.25. The van der Waals surface area contributed by atoms with Crippen LogP contribution in [0.1, 0.15) is 10.4 Å². The van der Waals surface area contributed by atoms with Crippen LogP contribution >= 0.6 is 12.4 Å². The molecule has 174 valence electrons. The van der Waals surface area contributed by atoms with E-state index in [-0.39, 0.29) is 37.0 Å². The first-order chi connectivity index (χ1) is 15.6. The first-order valence-corrected chi connectivity index (χ1v) is 10.2. The van der Waals surface area contributed by atoms with Gasteiger partial charge in [0.1, 0.15) is 6.33 Å². The molecule has 1 aliphatic heterocycles. The summed E-state index contributed by atoms with van der Waals surface area (Å²) in [6.07, 6.45) is 3.36. The Bertz CT molecular complexity index is 1190. The van der Waals surface area contributed by atoms with Gasteiger partial charge in [-0.3, -0.25) is 9.78 Å². The molecule has 11 heteroatoms. The Morgan fingerprint density at radius 3 is 2.58 bits per heavy atom. The highest BCUT2D eigenvalue weighted by molar-refractivity contribution is 5.94. The molecule has 0 aliphatic carbocycles. The SMILES string of the molecule is Cl.NC/C(=C\F)Cn1ncn(-c2ccnc(-c3ccc(C(=O)N4CCOCC4)cc3)c2)c1=O. The van der Waals surface area contributed by atoms with Gasteiger partial charge < -0.3 is 15.4 Å². The Balaban J connectivity index is 0.00000306. The van der Waals surface area contributed by atoms with E-state index in [1.54, 1.807) is 35.4 Å². The van der Waals surface area contributed by atoms with E-state index < -0.39 is 5.69 Å². The van der Waals surface area contributed by atoms with Gasteiger partial charge in [0.25, 0.3) is 5.91 Å². The molecule has 0 radical (unpaired) electrons. The van der Waals surface area contributed by atoms with E-state index in [9.17, 15) is 14.0 Å². The maximum atomic E-state index is 12.8. The van der Waals surface area contributed by atoms with Crippen molar-refractivity contribution in [1.29, 1.82) is 0 Å². The number of carbonyl (C=O) groups excluding carboxylic acids is 1. The third kappa shape index (κ3) is 5.36. The average Bonchev–Trinajstić information content (AvgIpc) is 3.22. The Hall–Kier alpha value is -3.34. The van der Waals surface area contributed by atoms with Gasteiger partial charge >= 0.3 is 5.69 Å². The molecule has 0 bridgehead atoms. The predicted octanol–water partition coefficient (Wildman–Crippen LogP) is 1.80. The number of nitrogens with zero attached hydrogens (tertiary/aromatic N) is 5. The van der Waals surface area contributed by atoms with Gasteiger partial charge in [-0.05, 0) is 29.8 Å². The zero-order valence-electron chi connectivity index (χ0n) is 17.8. The Kier molecular flexibility index (Phi) is 8.10. The van der Waals surface area contributed by atoms with Crippen molar-refractivity contribution in [2.75, 3.05) is 32.8 Å². The van der Waals surface area contributed by atoms with Crippen LogP contribution in [0, 0.1) is 0 Å². The smallest absolute Gasteiger partial charge is 0.350 e. The number of nitrogens with two attached hydrogens (primary N) is 1. The second-order valence-corrected chi connectivity index (χ2v) is 7.29. The minimum atomic E-state index is -0.415. The number of rotatable bonds is 6. The number of hydrogen-bond acceptors (Lipinski definition) is 6. The number of halogens is 2. The molecule has 1 saturated heterocycles. The Morgan fingerprint density at radius 2 is 1.91 bits per heavy atom. The quantitative estimate of drug-likeness (QED) is 0.583. The number of hydrogen-bond donors (Lipinski definition) is 1. The molecule has 2 aromatic heterocycles. The van der Waals surface area contributed by atoms with Gasteiger partial charge in [-0.1, -0.05) is 12.1 Å². The predicted molar refractivity (Wildman–Crippen MR) is 123 cm³/mol. The number of pyridine rings is 1. The molecule has 2 N–H and O–H groups in total. The van der Waals surface area contributed by atoms with Gasteiger partial charge in [-0.2, -0.15) is 5.10 Å². The summed E-state index contributed by atoms with van der Waals surface area (Å²) in [5.74, 6) is -0.0281. The zero-order chi connectivity index (χ0) is 22.5. The lowest BCUT2D eigenvalue weighted by molar-refractivity contribution is 0.0303. The summed E-state index contributed by atoms with van der Waals surface area (Å²) in [6, 6.07) is 10.6. The van der Waals surface area contributed by atoms with Crippen LogP contribution in [0.5, 0.6) is 0 Å². The van der Waals surface area contributed by atoms with Crippen molar-refractivity contribution in [2.24, 2.45) is 5.73 Å². The summed E-state index contributed by atoms with van der Waals surface area (Å²) >= 11 is 0. The summed E-state index contributed by atoms with van der Waals surface area (Å²) in [5.41, 5.74) is 7.91. The largest absolute Gasteiger partial charge is 0.378 e. The number of amides is 1. The van der Waals surface area contributed by atoms with E-state index in [0.717, 1.165) is 10.2 Å². The first kappa shape index (κ1) is 24.3. The zero-order valence-corrected chi connectivity index (χ0v) is 18.6. The van der Waals surface area contributed by atoms with Crippen molar-refractivity contribution < 1.29 is 13.9 Å². The van der Waals surface area contributed by atoms with Crippen molar-refractivity contribution in [3.63, 3.8) is 0 Å². The van der Waals surface area contributed by atoms with Crippen LogP contribution in [0.3, 0.4) is 0 Å². The van der Waals surface area contributed by atoms with Crippen LogP contribution in [0.2, 0.25) is 0 Å². The summed E-state index contributed by atoms with van der Waals surface area (Å²) in [7, 11) is 0. The highest BCUT2D eigenvalue weighted by Gasteiger charge is 2.18. The van der Waals surface area contributed by atoms with Gasteiger partial charge in [0.2, 0.25) is 0 Å². The molecule has 9 nitrogen and oxygen atoms in total.